The van der Waals surface area contributed by atoms with Gasteiger partial charge in [-0.2, -0.15) is 0 Å². The van der Waals surface area contributed by atoms with E-state index in [0.717, 1.165) is 7.11 Å². The molecule has 0 bridgehead atoms. The number of nitrogens with zero attached hydrogens (tertiary/aromatic N) is 1. The highest BCUT2D eigenvalue weighted by Crippen LogP contribution is 2.05. The second kappa shape index (κ2) is 3.77. The lowest BCUT2D eigenvalue weighted by atomic mass is 10.5. The van der Waals surface area contributed by atoms with E-state index in [1.807, 2.05) is 0 Å². The van der Waals surface area contributed by atoms with Gasteiger partial charge in [-0.05, 0) is 0 Å². The van der Waals surface area contributed by atoms with Gasteiger partial charge in [-0.3, -0.25) is 15.5 Å². The Labute approximate surface area is 67.2 Å². The van der Waals surface area contributed by atoms with Crippen molar-refractivity contribution in [3.05, 3.63) is 21.7 Å². The van der Waals surface area contributed by atoms with Crippen LogP contribution in [0, 0.1) is 15.5 Å². The molecule has 3 N–H and O–H groups in total. The van der Waals surface area contributed by atoms with Gasteiger partial charge in [0.1, 0.15) is 0 Å². The number of ether oxygens (including phenoxy) is 1. The molecule has 0 aliphatic heterocycles. The lowest BCUT2D eigenvalue weighted by molar-refractivity contribution is -0.417. The highest BCUT2D eigenvalue weighted by atomic mass is 35.5. The van der Waals surface area contributed by atoms with Gasteiger partial charge in [0.2, 0.25) is 5.17 Å². The third-order valence-electron chi connectivity index (χ3n) is 0.844. The van der Waals surface area contributed by atoms with E-state index in [2.05, 4.69) is 4.74 Å². The lowest BCUT2D eigenvalue weighted by Crippen LogP contribution is -2.15. The molecule has 0 saturated carbocycles. The van der Waals surface area contributed by atoms with Gasteiger partial charge in [-0.1, -0.05) is 11.6 Å². The smallest absolute Gasteiger partial charge is 0.364 e. The highest BCUT2D eigenvalue weighted by Gasteiger charge is 2.21. The molecule has 0 aromatic carbocycles. The zero-order valence-corrected chi connectivity index (χ0v) is 6.38. The Bertz CT molecular complexity index is 209. The standard InChI is InChI=1S/C4H6ClN3O3/c1-11-4(7)2(3(5)6)8(9)10/h6H,7H2,1H3/b4-2-,6-3?. The fraction of sp³-hybridized carbons (Fsp3) is 0.250. The van der Waals surface area contributed by atoms with Gasteiger partial charge in [0.05, 0.1) is 12.0 Å². The molecule has 0 rings (SSSR count). The molecule has 0 aliphatic carbocycles. The van der Waals surface area contributed by atoms with Crippen LogP contribution in [0.3, 0.4) is 0 Å². The van der Waals surface area contributed by atoms with Gasteiger partial charge in [-0.25, -0.2) is 0 Å². The van der Waals surface area contributed by atoms with Gasteiger partial charge in [-0.15, -0.1) is 0 Å². The van der Waals surface area contributed by atoms with Crippen LogP contribution in [0.5, 0.6) is 0 Å². The highest BCUT2D eigenvalue weighted by molar-refractivity contribution is 6.68. The first-order valence-electron chi connectivity index (χ1n) is 2.43. The predicted octanol–water partition coefficient (Wildman–Crippen LogP) is 0.253. The molecule has 0 aromatic rings. The molecule has 62 valence electrons. The molecule has 0 spiro atoms. The van der Waals surface area contributed by atoms with Crippen molar-refractivity contribution in [2.24, 2.45) is 5.73 Å². The molecule has 0 amide bonds. The van der Waals surface area contributed by atoms with E-state index in [4.69, 9.17) is 22.7 Å². The zero-order chi connectivity index (χ0) is 9.02. The molecule has 0 aliphatic rings. The summed E-state index contributed by atoms with van der Waals surface area (Å²) in [7, 11) is 1.15. The van der Waals surface area contributed by atoms with Crippen LogP contribution >= 0.6 is 11.6 Å². The van der Waals surface area contributed by atoms with Crippen molar-refractivity contribution in [2.75, 3.05) is 7.11 Å². The summed E-state index contributed by atoms with van der Waals surface area (Å²) in [6, 6.07) is 0. The van der Waals surface area contributed by atoms with Crippen LogP contribution in [0.1, 0.15) is 0 Å². The number of nitrogens with two attached hydrogens (primary N) is 1. The van der Waals surface area contributed by atoms with Crippen LogP contribution in [0.2, 0.25) is 0 Å². The second-order valence-electron chi connectivity index (χ2n) is 1.49. The summed E-state index contributed by atoms with van der Waals surface area (Å²) in [5.74, 6) is -0.477. The van der Waals surface area contributed by atoms with Crippen molar-refractivity contribution in [1.29, 1.82) is 5.41 Å². The van der Waals surface area contributed by atoms with Gasteiger partial charge >= 0.3 is 5.70 Å². The van der Waals surface area contributed by atoms with E-state index >= 15 is 0 Å². The largest absolute Gasteiger partial charge is 0.478 e. The first kappa shape index (κ1) is 9.70. The normalized spacial score (nSPS) is 11.8. The van der Waals surface area contributed by atoms with Crippen molar-refractivity contribution in [3.8, 4) is 0 Å². The number of hydrogen-bond acceptors (Lipinski definition) is 5. The zero-order valence-electron chi connectivity index (χ0n) is 5.63. The van der Waals surface area contributed by atoms with Gasteiger partial charge in [0.25, 0.3) is 5.88 Å². The van der Waals surface area contributed by atoms with Gasteiger partial charge in [0.15, 0.2) is 0 Å². The number of hydrogen-bond donors (Lipinski definition) is 2. The molecule has 0 aromatic heterocycles. The summed E-state index contributed by atoms with van der Waals surface area (Å²) in [5, 5.41) is 16.1. The van der Waals surface area contributed by atoms with Crippen LogP contribution in [-0.4, -0.2) is 17.2 Å². The van der Waals surface area contributed by atoms with Crippen molar-refractivity contribution >= 4 is 16.8 Å². The summed E-state index contributed by atoms with van der Waals surface area (Å²) < 4.78 is 4.33. The van der Waals surface area contributed by atoms with Crippen LogP contribution in [-0.2, 0) is 4.74 Å². The number of allylic oxidation sites excluding steroid dienone is 1. The molecule has 0 radical (unpaired) electrons. The van der Waals surface area contributed by atoms with E-state index < -0.39 is 21.7 Å². The Morgan fingerprint density at radius 2 is 2.27 bits per heavy atom. The van der Waals surface area contributed by atoms with Crippen LogP contribution in [0.15, 0.2) is 11.6 Å². The Kier molecular flexibility index (Phi) is 3.32. The van der Waals surface area contributed by atoms with Crippen molar-refractivity contribution in [3.63, 3.8) is 0 Å². The quantitative estimate of drug-likeness (QED) is 0.281. The summed E-state index contributed by atoms with van der Waals surface area (Å²) in [5.41, 5.74) is 4.28. The maximum absolute atomic E-state index is 10.1. The lowest BCUT2D eigenvalue weighted by Gasteiger charge is -1.98. The second-order valence-corrected chi connectivity index (χ2v) is 1.87. The van der Waals surface area contributed by atoms with Crippen LogP contribution in [0.4, 0.5) is 0 Å². The van der Waals surface area contributed by atoms with E-state index in [-0.39, 0.29) is 0 Å². The van der Waals surface area contributed by atoms with Crippen LogP contribution in [0.25, 0.3) is 0 Å². The van der Waals surface area contributed by atoms with Gasteiger partial charge in [0, 0.05) is 0 Å². The minimum absolute atomic E-state index is 0.477. The number of rotatable bonds is 3. The Balaban J connectivity index is 4.88. The average molecular weight is 180 g/mol. The Hall–Kier alpha value is -1.30. The van der Waals surface area contributed by atoms with E-state index in [1.54, 1.807) is 0 Å². The summed E-state index contributed by atoms with van der Waals surface area (Å²) in [6.07, 6.45) is 0. The van der Waals surface area contributed by atoms with Crippen LogP contribution < -0.4 is 5.73 Å². The number of methoxy groups -OCH3 is 1. The number of nitro groups is 1. The molecule has 0 saturated heterocycles. The minimum atomic E-state index is -0.881. The third kappa shape index (κ3) is 2.42. The van der Waals surface area contributed by atoms with E-state index in [1.165, 1.54) is 0 Å². The topological polar surface area (TPSA) is 102 Å². The number of nitrogens with one attached hydrogen (secondary N) is 1. The van der Waals surface area contributed by atoms with E-state index in [0.29, 0.717) is 0 Å². The molecular formula is C4H6ClN3O3. The monoisotopic (exact) mass is 179 g/mol. The summed E-state index contributed by atoms with van der Waals surface area (Å²) >= 11 is 5.04. The Morgan fingerprint density at radius 1 is 1.82 bits per heavy atom. The SMILES string of the molecule is CO/C(N)=C(/C(=N)Cl)[N+](=O)[O-]. The number of halogens is 1. The first-order chi connectivity index (χ1) is 5.00. The van der Waals surface area contributed by atoms with E-state index in [9.17, 15) is 10.1 Å². The van der Waals surface area contributed by atoms with Crippen molar-refractivity contribution in [2.45, 2.75) is 0 Å². The molecule has 0 fully saturated rings. The molecule has 6 nitrogen and oxygen atoms in total. The molecular weight excluding hydrogens is 174 g/mol. The summed E-state index contributed by atoms with van der Waals surface area (Å²) in [4.78, 5) is 9.22. The Morgan fingerprint density at radius 3 is 2.36 bits per heavy atom. The van der Waals surface area contributed by atoms with Crippen molar-refractivity contribution in [1.82, 2.24) is 0 Å². The maximum Gasteiger partial charge on any atom is 0.364 e. The molecule has 11 heavy (non-hydrogen) atoms. The summed E-state index contributed by atoms with van der Waals surface area (Å²) in [6.45, 7) is 0. The predicted molar refractivity (Wildman–Crippen MR) is 38.8 cm³/mol. The third-order valence-corrected chi connectivity index (χ3v) is 1.02. The van der Waals surface area contributed by atoms with Gasteiger partial charge < -0.3 is 10.5 Å². The first-order valence-corrected chi connectivity index (χ1v) is 2.81. The maximum atomic E-state index is 10.1. The fourth-order valence-corrected chi connectivity index (χ4v) is 0.537. The minimum Gasteiger partial charge on any atom is -0.478 e. The van der Waals surface area contributed by atoms with Crippen molar-refractivity contribution < 1.29 is 9.66 Å². The molecule has 7 heteroatoms. The molecule has 0 atom stereocenters. The molecule has 0 heterocycles. The molecule has 0 unspecified atom stereocenters. The fourth-order valence-electron chi connectivity index (χ4n) is 0.375. The average Bonchev–Trinajstić information content (AvgIpc) is 1.85.